The summed E-state index contributed by atoms with van der Waals surface area (Å²) in [7, 11) is -0.124. The van der Waals surface area contributed by atoms with Gasteiger partial charge < -0.3 is 14.2 Å². The fourth-order valence-electron chi connectivity index (χ4n) is 3.65. The molecule has 33 heavy (non-hydrogen) atoms. The Labute approximate surface area is 202 Å². The first kappa shape index (κ1) is 27.2. The minimum atomic E-state index is -0.124. The van der Waals surface area contributed by atoms with Crippen molar-refractivity contribution < 1.29 is 19.0 Å². The minimum Gasteiger partial charge on any atom is -0.491 e. The number of carbonyl (C=O) groups is 1. The summed E-state index contributed by atoms with van der Waals surface area (Å²) in [4.78, 5) is 13.6. The summed E-state index contributed by atoms with van der Waals surface area (Å²) in [5.74, 6) is 1.97. The molecule has 0 aromatic heterocycles. The predicted molar refractivity (Wildman–Crippen MR) is 141 cm³/mol. The first-order chi connectivity index (χ1) is 15.2. The molecule has 0 aliphatic heterocycles. The summed E-state index contributed by atoms with van der Waals surface area (Å²) in [6.45, 7) is 22.5. The van der Waals surface area contributed by atoms with Crippen molar-refractivity contribution in [3.8, 4) is 17.2 Å². The number of rotatable bonds is 9. The van der Waals surface area contributed by atoms with Crippen molar-refractivity contribution in [3.63, 3.8) is 0 Å². The van der Waals surface area contributed by atoms with Crippen molar-refractivity contribution >= 4 is 19.4 Å². The van der Waals surface area contributed by atoms with E-state index in [4.69, 9.17) is 14.2 Å². The topological polar surface area (TPSA) is 44.8 Å². The molecule has 0 spiro atoms. The number of aryl methyl sites for hydroxylation is 2. The number of benzene rings is 2. The van der Waals surface area contributed by atoms with E-state index in [1.165, 1.54) is 5.56 Å². The summed E-state index contributed by atoms with van der Waals surface area (Å²) < 4.78 is 18.2. The van der Waals surface area contributed by atoms with Gasteiger partial charge in [0.15, 0.2) is 5.52 Å². The molecule has 0 saturated carbocycles. The third kappa shape index (κ3) is 7.47. The van der Waals surface area contributed by atoms with Crippen LogP contribution >= 0.6 is 8.58 Å². The van der Waals surface area contributed by atoms with E-state index >= 15 is 0 Å². The van der Waals surface area contributed by atoms with Crippen LogP contribution in [0.15, 0.2) is 24.3 Å². The molecule has 182 valence electrons. The van der Waals surface area contributed by atoms with Crippen LogP contribution in [0.25, 0.3) is 0 Å². The fraction of sp³-hybridized carbons (Fsp3) is 0.536. The molecule has 4 nitrogen and oxygen atoms in total. The molecule has 0 radical (unpaired) electrons. The van der Waals surface area contributed by atoms with Crippen molar-refractivity contribution in [3.05, 3.63) is 46.5 Å². The van der Waals surface area contributed by atoms with Gasteiger partial charge in [0.25, 0.3) is 0 Å². The van der Waals surface area contributed by atoms with Crippen molar-refractivity contribution in [2.75, 3.05) is 0 Å². The first-order valence-electron chi connectivity index (χ1n) is 11.8. The molecule has 2 aromatic carbocycles. The van der Waals surface area contributed by atoms with Gasteiger partial charge in [-0.05, 0) is 86.1 Å². The second-order valence-corrected chi connectivity index (χ2v) is 11.7. The standard InChI is InChI=1S/C28H41O4P/c1-16(2)30-22-14-23(31-17(3)4)26(24(15-22)32-18(5)6)33-27(29)25-19(7)12-21(13-20(25)8)28(9,10)11/h12-18,33H,1-11H3. The number of hydrogen-bond acceptors (Lipinski definition) is 4. The van der Waals surface area contributed by atoms with Crippen LogP contribution in [0, 0.1) is 13.8 Å². The molecular weight excluding hydrogens is 431 g/mol. The van der Waals surface area contributed by atoms with Crippen LogP contribution < -0.4 is 19.5 Å². The Kier molecular flexibility index (Phi) is 8.99. The van der Waals surface area contributed by atoms with Gasteiger partial charge in [-0.15, -0.1) is 0 Å². The monoisotopic (exact) mass is 472 g/mol. The number of ether oxygens (including phenoxy) is 3. The maximum absolute atomic E-state index is 13.6. The SMILES string of the molecule is Cc1cc(C(C)(C)C)cc(C)c1C(=O)Pc1c(OC(C)C)cc(OC(C)C)cc1OC(C)C. The Bertz CT molecular complexity index is 930. The van der Waals surface area contributed by atoms with Crippen LogP contribution in [-0.2, 0) is 5.41 Å². The second kappa shape index (κ2) is 10.9. The van der Waals surface area contributed by atoms with E-state index in [0.717, 1.165) is 22.0 Å². The van der Waals surface area contributed by atoms with Gasteiger partial charge in [0.05, 0.1) is 23.6 Å². The number of carbonyl (C=O) groups excluding carboxylic acids is 1. The highest BCUT2D eigenvalue weighted by molar-refractivity contribution is 7.66. The van der Waals surface area contributed by atoms with Crippen molar-refractivity contribution in [2.24, 2.45) is 0 Å². The van der Waals surface area contributed by atoms with Crippen molar-refractivity contribution in [1.82, 2.24) is 0 Å². The van der Waals surface area contributed by atoms with E-state index in [1.807, 2.05) is 67.5 Å². The molecule has 1 atom stereocenters. The summed E-state index contributed by atoms with van der Waals surface area (Å²) in [6.07, 6.45) is -0.0656. The molecule has 0 aliphatic carbocycles. The molecule has 0 fully saturated rings. The molecule has 0 amide bonds. The van der Waals surface area contributed by atoms with Crippen LogP contribution in [0.1, 0.15) is 89.4 Å². The predicted octanol–water partition coefficient (Wildman–Crippen LogP) is 7.11. The number of hydrogen-bond donors (Lipinski definition) is 0. The zero-order chi connectivity index (χ0) is 25.1. The Hall–Kier alpha value is -2.06. The largest absolute Gasteiger partial charge is 0.491 e. The average Bonchev–Trinajstić information content (AvgIpc) is 2.61. The van der Waals surface area contributed by atoms with Crippen LogP contribution in [0.3, 0.4) is 0 Å². The Morgan fingerprint density at radius 2 is 1.18 bits per heavy atom. The molecule has 0 saturated heterocycles. The quantitative estimate of drug-likeness (QED) is 0.365. The normalized spacial score (nSPS) is 12.3. The zero-order valence-corrected chi connectivity index (χ0v) is 23.2. The highest BCUT2D eigenvalue weighted by atomic mass is 31.1. The van der Waals surface area contributed by atoms with Gasteiger partial charge in [-0.3, -0.25) is 4.79 Å². The molecule has 1 unspecified atom stereocenters. The van der Waals surface area contributed by atoms with Crippen molar-refractivity contribution in [1.29, 1.82) is 0 Å². The summed E-state index contributed by atoms with van der Waals surface area (Å²) in [5.41, 5.74) is 4.16. The summed E-state index contributed by atoms with van der Waals surface area (Å²) >= 11 is 0. The van der Waals surface area contributed by atoms with E-state index in [-0.39, 0.29) is 37.8 Å². The summed E-state index contributed by atoms with van der Waals surface area (Å²) in [5, 5.41) is 0.789. The van der Waals surface area contributed by atoms with Gasteiger partial charge in [-0.1, -0.05) is 32.9 Å². The lowest BCUT2D eigenvalue weighted by molar-refractivity contribution is 0.108. The molecule has 0 N–H and O–H groups in total. The maximum Gasteiger partial charge on any atom is 0.186 e. The minimum absolute atomic E-state index is 0.0189. The van der Waals surface area contributed by atoms with Crippen LogP contribution in [-0.4, -0.2) is 23.8 Å². The smallest absolute Gasteiger partial charge is 0.186 e. The Morgan fingerprint density at radius 3 is 1.55 bits per heavy atom. The first-order valence-corrected chi connectivity index (χ1v) is 12.8. The highest BCUT2D eigenvalue weighted by Gasteiger charge is 2.24. The molecule has 2 rings (SSSR count). The van der Waals surface area contributed by atoms with Gasteiger partial charge in [-0.2, -0.15) is 0 Å². The maximum atomic E-state index is 13.6. The highest BCUT2D eigenvalue weighted by Crippen LogP contribution is 2.37. The average molecular weight is 473 g/mol. The molecule has 2 aromatic rings. The van der Waals surface area contributed by atoms with Gasteiger partial charge in [0.1, 0.15) is 17.2 Å². The van der Waals surface area contributed by atoms with E-state index in [0.29, 0.717) is 17.2 Å². The van der Waals surface area contributed by atoms with E-state index in [2.05, 4.69) is 32.9 Å². The Morgan fingerprint density at radius 1 is 0.758 bits per heavy atom. The molecule has 5 heteroatoms. The lowest BCUT2D eigenvalue weighted by Crippen LogP contribution is -2.19. The molecule has 0 heterocycles. The fourth-order valence-corrected chi connectivity index (χ4v) is 4.91. The van der Waals surface area contributed by atoms with Crippen molar-refractivity contribution in [2.45, 2.75) is 99.9 Å². The second-order valence-electron chi connectivity index (χ2n) is 10.5. The van der Waals surface area contributed by atoms with Crippen LogP contribution in [0.5, 0.6) is 17.2 Å². The zero-order valence-electron chi connectivity index (χ0n) is 22.2. The van der Waals surface area contributed by atoms with Gasteiger partial charge >= 0.3 is 0 Å². The molecule has 0 bridgehead atoms. The Balaban J connectivity index is 2.57. The third-order valence-corrected chi connectivity index (χ3v) is 6.22. The van der Waals surface area contributed by atoms with Gasteiger partial charge in [0, 0.05) is 17.7 Å². The van der Waals surface area contributed by atoms with Gasteiger partial charge in [-0.25, -0.2) is 0 Å². The summed E-state index contributed by atoms with van der Waals surface area (Å²) in [6, 6.07) is 8.04. The van der Waals surface area contributed by atoms with E-state index < -0.39 is 0 Å². The van der Waals surface area contributed by atoms with E-state index in [9.17, 15) is 4.79 Å². The van der Waals surface area contributed by atoms with Crippen LogP contribution in [0.4, 0.5) is 0 Å². The van der Waals surface area contributed by atoms with E-state index in [1.54, 1.807) is 0 Å². The molecular formula is C28H41O4P. The lowest BCUT2D eigenvalue weighted by atomic mass is 9.84. The lowest BCUT2D eigenvalue weighted by Gasteiger charge is -2.23. The molecule has 0 aliphatic rings. The third-order valence-electron chi connectivity index (χ3n) is 5.00. The van der Waals surface area contributed by atoms with Gasteiger partial charge in [0.2, 0.25) is 0 Å². The van der Waals surface area contributed by atoms with Crippen LogP contribution in [0.2, 0.25) is 0 Å².